The lowest BCUT2D eigenvalue weighted by Gasteiger charge is -2.23. The van der Waals surface area contributed by atoms with Crippen molar-refractivity contribution in [2.45, 2.75) is 287 Å². The predicted octanol–water partition coefficient (Wildman–Crippen LogP) is 11.0. The summed E-state index contributed by atoms with van der Waals surface area (Å²) in [6.07, 6.45) is 2.64. The first-order valence-corrected chi connectivity index (χ1v) is 37.1. The van der Waals surface area contributed by atoms with E-state index in [-0.39, 0.29) is 92.6 Å². The number of hydrogen-bond acceptors (Lipinski definition) is 17. The number of rotatable bonds is 16. The SMILES string of the molecule is CC(C)(C)CC(=O)OC(C)(C)C.CC(C)(C)NC(=O)CC(F)(F)F.CC(C)(C)NC(=O)OC1CC1.CC(C)C(=O)NS(=O)(=O)C1CC1.CC(C)C(=O)NS(=O)(=O)c1ccccc1.CC(C)C(=O)NS(C)(=O)=O.CC(C)NC(=O)C1CCC(C)(F)C1.CC(C)NC(=O)OCC1CC1. The summed E-state index contributed by atoms with van der Waals surface area (Å²) >= 11 is 0. The molecule has 7 amide bonds. The van der Waals surface area contributed by atoms with E-state index in [1.54, 1.807) is 87.4 Å². The second-order valence-corrected chi connectivity index (χ2v) is 35.3. The molecule has 0 aromatic heterocycles. The molecule has 24 nitrogen and oxygen atoms in total. The van der Waals surface area contributed by atoms with Crippen LogP contribution >= 0.6 is 0 Å². The maximum atomic E-state index is 13.4. The maximum absolute atomic E-state index is 13.4. The highest BCUT2D eigenvalue weighted by atomic mass is 32.2. The second kappa shape index (κ2) is 41.5. The van der Waals surface area contributed by atoms with Crippen molar-refractivity contribution in [3.8, 4) is 0 Å². The van der Waals surface area contributed by atoms with Crippen LogP contribution in [0.2, 0.25) is 0 Å². The Balaban J connectivity index is -0.00000103. The molecule has 0 bridgehead atoms. The third-order valence-corrected chi connectivity index (χ3v) is 15.4. The zero-order valence-corrected chi connectivity index (χ0v) is 63.7. The van der Waals surface area contributed by atoms with E-state index in [9.17, 15) is 81.2 Å². The van der Waals surface area contributed by atoms with Crippen molar-refractivity contribution < 1.29 is 95.4 Å². The van der Waals surface area contributed by atoms with Crippen molar-refractivity contribution in [1.82, 2.24) is 35.4 Å². The molecular weight excluding hydrogens is 1320 g/mol. The van der Waals surface area contributed by atoms with Gasteiger partial charge in [-0.3, -0.25) is 38.2 Å². The van der Waals surface area contributed by atoms with E-state index >= 15 is 0 Å². The van der Waals surface area contributed by atoms with Gasteiger partial charge in [-0.15, -0.1) is 0 Å². The van der Waals surface area contributed by atoms with Crippen molar-refractivity contribution in [3.63, 3.8) is 0 Å². The molecule has 2 unspecified atom stereocenters. The van der Waals surface area contributed by atoms with Crippen molar-refractivity contribution in [3.05, 3.63) is 30.3 Å². The molecule has 2 atom stereocenters. The molecule has 560 valence electrons. The van der Waals surface area contributed by atoms with Crippen molar-refractivity contribution in [2.75, 3.05) is 12.9 Å². The molecule has 1 aromatic carbocycles. The monoisotopic (exact) mass is 1440 g/mol. The lowest BCUT2D eigenvalue weighted by atomic mass is 9.92. The molecule has 0 spiro atoms. The van der Waals surface area contributed by atoms with Crippen LogP contribution in [0.3, 0.4) is 0 Å². The van der Waals surface area contributed by atoms with E-state index in [4.69, 9.17) is 14.2 Å². The fraction of sp³-hybridized carbons (Fsp3) is 0.785. The van der Waals surface area contributed by atoms with E-state index < -0.39 is 77.5 Å². The zero-order valence-electron chi connectivity index (χ0n) is 61.2. The van der Waals surface area contributed by atoms with Gasteiger partial charge in [0, 0.05) is 46.8 Å². The largest absolute Gasteiger partial charge is 0.460 e. The third kappa shape index (κ3) is 58.3. The van der Waals surface area contributed by atoms with Crippen LogP contribution in [0.1, 0.15) is 230 Å². The summed E-state index contributed by atoms with van der Waals surface area (Å²) < 4.78 is 136. The normalized spacial score (nSPS) is 16.9. The number of esters is 1. The van der Waals surface area contributed by atoms with Crippen molar-refractivity contribution >= 4 is 77.8 Å². The molecule has 4 saturated carbocycles. The highest BCUT2D eigenvalue weighted by molar-refractivity contribution is 7.91. The van der Waals surface area contributed by atoms with Gasteiger partial charge in [0.2, 0.25) is 49.6 Å². The highest BCUT2D eigenvalue weighted by Crippen LogP contribution is 2.37. The van der Waals surface area contributed by atoms with Gasteiger partial charge in [0.05, 0.1) is 29.4 Å². The van der Waals surface area contributed by atoms with Gasteiger partial charge < -0.3 is 35.5 Å². The smallest absolute Gasteiger partial charge is 0.407 e. The Kier molecular flexibility index (Phi) is 40.8. The first-order chi connectivity index (χ1) is 43.0. The fourth-order valence-corrected chi connectivity index (χ4v) is 9.81. The molecule has 1 aromatic rings. The minimum atomic E-state index is -4.42. The van der Waals surface area contributed by atoms with Gasteiger partial charge in [-0.2, -0.15) is 13.2 Å². The summed E-state index contributed by atoms with van der Waals surface area (Å²) in [7, 11) is -10.4. The number of hydrogen-bond donors (Lipinski definition) is 7. The fourth-order valence-electron chi connectivity index (χ4n) is 6.63. The number of alkyl carbamates (subject to hydrolysis) is 2. The standard InChI is InChI=1S/C10H18FNO.C10H13NO3S.C10H20O2.2C8H15NO2.C7H12F3NO.C7H13NO3S.C5H11NO3S/c1-7(2)12-9(13)8-4-5-10(3,11)6-8;1-8(2)10(12)11-15(13,14)9-6-4-3-5-7-9;1-9(2,3)7-8(11)12-10(4,5)6;1-8(2,3)9-7(10)11-6-4-5-6;1-6(2)9-8(10)11-5-7-3-4-7;1-6(2,3)11-5(12)4-7(8,9)10;1-5(2)7(9)8-12(10,11)6-3-4-6;1-4(2)5(7)6-10(3,8)9/h7-8H,4-6H2,1-3H3,(H,12,13);3-8H,1-2H3,(H,11,12);7H2,1-6H3;6H,4-5H2,1-3H3,(H,9,10);6-7H,3-5H2,1-2H3,(H,9,10);4H2,1-3H3,(H,11,12);5-6H,3-4H2,1-2H3,(H,8,9);4H,1-3H3,(H,6,7). The van der Waals surface area contributed by atoms with Gasteiger partial charge in [0.25, 0.3) is 10.0 Å². The average molecular weight is 1440 g/mol. The van der Waals surface area contributed by atoms with Gasteiger partial charge in [0.15, 0.2) is 0 Å². The minimum absolute atomic E-state index is 0.0105. The van der Waals surface area contributed by atoms with E-state index in [2.05, 4.69) is 26.0 Å². The number of sulfonamides is 3. The first-order valence-electron chi connectivity index (χ1n) is 32.2. The lowest BCUT2D eigenvalue weighted by molar-refractivity contribution is -0.157. The molecule has 5 rings (SSSR count). The molecule has 0 saturated heterocycles. The first kappa shape index (κ1) is 94.3. The van der Waals surface area contributed by atoms with Gasteiger partial charge in [0.1, 0.15) is 23.8 Å². The van der Waals surface area contributed by atoms with Crippen LogP contribution in [0.15, 0.2) is 35.2 Å². The van der Waals surface area contributed by atoms with Gasteiger partial charge in [-0.1, -0.05) is 80.5 Å². The highest BCUT2D eigenvalue weighted by Gasteiger charge is 2.39. The van der Waals surface area contributed by atoms with E-state index in [1.165, 1.54) is 25.0 Å². The Labute approximate surface area is 570 Å². The Hall–Kier alpha value is -5.85. The molecule has 0 radical (unpaired) electrons. The Morgan fingerprint density at radius 1 is 0.583 bits per heavy atom. The van der Waals surface area contributed by atoms with Crippen LogP contribution < -0.4 is 35.4 Å². The van der Waals surface area contributed by atoms with Crippen LogP contribution in [0.4, 0.5) is 27.2 Å². The second-order valence-electron chi connectivity index (χ2n) is 29.9. The molecule has 96 heavy (non-hydrogen) atoms. The number of alkyl halides is 4. The van der Waals surface area contributed by atoms with Crippen molar-refractivity contribution in [2.24, 2.45) is 35.0 Å². The Bertz CT molecular complexity index is 2850. The lowest BCUT2D eigenvalue weighted by Crippen LogP contribution is -2.42. The molecular formula is C65H117F4N7O17S3. The summed E-state index contributed by atoms with van der Waals surface area (Å²) in [5, 5.41) is 10.1. The average Bonchev–Trinajstić information content (AvgIpc) is 1.60. The maximum Gasteiger partial charge on any atom is 0.407 e. The molecule has 0 heterocycles. The summed E-state index contributed by atoms with van der Waals surface area (Å²) in [6, 6.07) is 8.12. The quantitative estimate of drug-likeness (QED) is 0.0459. The zero-order chi connectivity index (χ0) is 76.0. The van der Waals surface area contributed by atoms with E-state index in [1.807, 2.05) is 99.5 Å². The van der Waals surface area contributed by atoms with Gasteiger partial charge in [-0.25, -0.2) is 44.0 Å². The van der Waals surface area contributed by atoms with Crippen LogP contribution in [0, 0.1) is 35.0 Å². The number of carbonyl (C=O) groups is 8. The van der Waals surface area contributed by atoms with Crippen LogP contribution in [-0.4, -0.2) is 138 Å². The molecule has 4 aliphatic rings. The number of carbonyl (C=O) groups excluding carboxylic acids is 8. The summed E-state index contributed by atoms with van der Waals surface area (Å²) in [5.41, 5.74) is -2.27. The summed E-state index contributed by atoms with van der Waals surface area (Å²) in [5.74, 6) is -2.88. The van der Waals surface area contributed by atoms with Crippen LogP contribution in [-0.2, 0) is 73.0 Å². The molecule has 4 aliphatic carbocycles. The van der Waals surface area contributed by atoms with E-state index in [0.717, 1.165) is 19.1 Å². The number of amides is 7. The number of halogens is 4. The number of nitrogens with one attached hydrogen (secondary N) is 7. The van der Waals surface area contributed by atoms with E-state index in [0.29, 0.717) is 51.0 Å². The third-order valence-electron chi connectivity index (χ3n) is 11.6. The topological polar surface area (TPSA) is 351 Å². The van der Waals surface area contributed by atoms with Crippen LogP contribution in [0.5, 0.6) is 0 Å². The van der Waals surface area contributed by atoms with Gasteiger partial charge in [-0.05, 0) is 178 Å². The Morgan fingerprint density at radius 3 is 1.36 bits per heavy atom. The van der Waals surface area contributed by atoms with Gasteiger partial charge >= 0.3 is 24.3 Å². The molecule has 7 N–H and O–H groups in total. The molecule has 31 heteroatoms. The molecule has 4 fully saturated rings. The minimum Gasteiger partial charge on any atom is -0.460 e. The molecule has 0 aliphatic heterocycles. The predicted molar refractivity (Wildman–Crippen MR) is 363 cm³/mol. The Morgan fingerprint density at radius 2 is 1.03 bits per heavy atom. The summed E-state index contributed by atoms with van der Waals surface area (Å²) in [6.45, 7) is 42.1. The number of ether oxygens (including phenoxy) is 3. The summed E-state index contributed by atoms with van der Waals surface area (Å²) in [4.78, 5) is 88.2. The van der Waals surface area contributed by atoms with Crippen LogP contribution in [0.25, 0.3) is 0 Å². The van der Waals surface area contributed by atoms with Crippen molar-refractivity contribution in [1.29, 1.82) is 0 Å². The number of benzene rings is 1.